The number of halogens is 1. The number of carbonyl (C=O) groups is 1. The van der Waals surface area contributed by atoms with Gasteiger partial charge in [0.05, 0.1) is 5.41 Å². The number of carbonyl (C=O) groups excluding carboxylic acids is 1. The summed E-state index contributed by atoms with van der Waals surface area (Å²) in [7, 11) is 0. The number of hydrogen-bond acceptors (Lipinski definition) is 4. The van der Waals surface area contributed by atoms with Crippen molar-refractivity contribution >= 4 is 24.1 Å². The number of nitrogens with two attached hydrogens (primary N) is 1. The minimum absolute atomic E-state index is 0.0753. The van der Waals surface area contributed by atoms with Gasteiger partial charge in [-0.15, -0.1) is 3.89 Å². The summed E-state index contributed by atoms with van der Waals surface area (Å²) in [6.45, 7) is 5.79. The zero-order chi connectivity index (χ0) is 17.3. The lowest BCUT2D eigenvalue weighted by Crippen LogP contribution is -2.35. The highest BCUT2D eigenvalue weighted by Crippen LogP contribution is 2.55. The fourth-order valence-corrected chi connectivity index (χ4v) is 4.15. The van der Waals surface area contributed by atoms with E-state index in [-0.39, 0.29) is 18.2 Å². The molecule has 1 spiro atoms. The smallest absolute Gasteiger partial charge is 0.251 e. The minimum Gasteiger partial charge on any atom is -0.399 e. The van der Waals surface area contributed by atoms with Crippen molar-refractivity contribution in [2.24, 2.45) is 5.73 Å². The molecule has 0 saturated heterocycles. The Kier molecular flexibility index (Phi) is 4.49. The highest BCUT2D eigenvalue weighted by Gasteiger charge is 2.55. The van der Waals surface area contributed by atoms with Gasteiger partial charge in [0.25, 0.3) is 5.91 Å². The Balaban J connectivity index is 2.08. The molecule has 0 aromatic carbocycles. The maximum absolute atomic E-state index is 13.4. The van der Waals surface area contributed by atoms with Gasteiger partial charge in [-0.05, 0) is 43.1 Å². The second kappa shape index (κ2) is 6.43. The molecule has 2 heterocycles. The molecule has 1 aliphatic heterocycles. The molecule has 0 fully saturated rings. The average Bonchev–Trinajstić information content (AvgIpc) is 3.05. The van der Waals surface area contributed by atoms with E-state index in [0.29, 0.717) is 24.4 Å². The summed E-state index contributed by atoms with van der Waals surface area (Å²) < 4.78 is 14.5. The number of rotatable bonds is 5. The Morgan fingerprint density at radius 3 is 3.04 bits per heavy atom. The summed E-state index contributed by atoms with van der Waals surface area (Å²) in [5.74, 6) is 0.172. The maximum Gasteiger partial charge on any atom is 0.251 e. The third kappa shape index (κ3) is 2.45. The standard InChI is InChI=1S/C18H20FN3OS/c1-3-6-12-10-18(11-13(12)9-14(20)4-2)15-7-5-8-21-16(15)22(24-19)17(18)23/h4-5,7-9H,2-3,6,10-11,20H2,1H3/b14-9+. The number of allylic oxidation sites excluding steroid dienone is 4. The van der Waals surface area contributed by atoms with E-state index in [0.717, 1.165) is 28.3 Å². The van der Waals surface area contributed by atoms with Gasteiger partial charge in [-0.1, -0.05) is 31.6 Å². The number of aromatic nitrogens is 1. The summed E-state index contributed by atoms with van der Waals surface area (Å²) in [6, 6.07) is 3.68. The van der Waals surface area contributed by atoms with Crippen LogP contribution in [0.2, 0.25) is 0 Å². The van der Waals surface area contributed by atoms with Crippen molar-refractivity contribution < 1.29 is 8.68 Å². The molecular formula is C18H20FN3OS. The predicted molar refractivity (Wildman–Crippen MR) is 95.7 cm³/mol. The molecule has 1 unspecified atom stereocenters. The Bertz CT molecular complexity index is 758. The first-order chi connectivity index (χ1) is 11.6. The van der Waals surface area contributed by atoms with E-state index in [1.807, 2.05) is 12.1 Å². The van der Waals surface area contributed by atoms with Gasteiger partial charge in [-0.2, -0.15) is 0 Å². The number of anilines is 1. The molecule has 1 aromatic heterocycles. The van der Waals surface area contributed by atoms with E-state index in [4.69, 9.17) is 5.73 Å². The molecule has 0 bridgehead atoms. The van der Waals surface area contributed by atoms with Crippen LogP contribution in [0, 0.1) is 0 Å². The molecule has 2 aliphatic rings. The van der Waals surface area contributed by atoms with E-state index in [1.54, 1.807) is 18.3 Å². The molecule has 0 radical (unpaired) electrons. The van der Waals surface area contributed by atoms with Gasteiger partial charge in [0.1, 0.15) is 0 Å². The van der Waals surface area contributed by atoms with Gasteiger partial charge in [-0.3, -0.25) is 4.79 Å². The first-order valence-electron chi connectivity index (χ1n) is 7.96. The molecule has 126 valence electrons. The molecule has 24 heavy (non-hydrogen) atoms. The highest BCUT2D eigenvalue weighted by molar-refractivity contribution is 7.96. The van der Waals surface area contributed by atoms with Crippen LogP contribution in [0.4, 0.5) is 9.70 Å². The number of nitrogens with zero attached hydrogens (tertiary/aromatic N) is 2. The van der Waals surface area contributed by atoms with Gasteiger partial charge in [-0.25, -0.2) is 9.29 Å². The van der Waals surface area contributed by atoms with Gasteiger partial charge in [0.2, 0.25) is 0 Å². The average molecular weight is 345 g/mol. The van der Waals surface area contributed by atoms with Gasteiger partial charge >= 0.3 is 0 Å². The summed E-state index contributed by atoms with van der Waals surface area (Å²) in [5, 5.41) is 0. The molecular weight excluding hydrogens is 325 g/mol. The fraction of sp³-hybridized carbons (Fsp3) is 0.333. The SMILES string of the molecule is C=C/C(N)=C\C1=C(CCC)CC2(C1)C(=O)N(SF)c1ncccc12. The van der Waals surface area contributed by atoms with Gasteiger partial charge in [0, 0.05) is 17.5 Å². The van der Waals surface area contributed by atoms with E-state index in [2.05, 4.69) is 18.5 Å². The molecule has 2 N–H and O–H groups in total. The molecule has 6 heteroatoms. The van der Waals surface area contributed by atoms with Crippen molar-refractivity contribution in [3.63, 3.8) is 0 Å². The number of amides is 1. The van der Waals surface area contributed by atoms with E-state index < -0.39 is 5.41 Å². The lowest BCUT2D eigenvalue weighted by molar-refractivity contribution is -0.121. The van der Waals surface area contributed by atoms with Crippen LogP contribution in [0.3, 0.4) is 0 Å². The van der Waals surface area contributed by atoms with Crippen molar-refractivity contribution in [3.05, 3.63) is 59.5 Å². The fourth-order valence-electron chi connectivity index (χ4n) is 3.70. The molecule has 0 saturated carbocycles. The summed E-state index contributed by atoms with van der Waals surface area (Å²) >= 11 is -0.0753. The number of hydrogen-bond donors (Lipinski definition) is 1. The molecule has 1 amide bonds. The minimum atomic E-state index is -0.763. The van der Waals surface area contributed by atoms with Crippen LogP contribution in [0.1, 0.15) is 38.2 Å². The molecule has 1 atom stereocenters. The Labute approximate surface area is 145 Å². The van der Waals surface area contributed by atoms with Crippen LogP contribution < -0.4 is 10.0 Å². The normalized spacial score (nSPS) is 23.3. The third-order valence-electron chi connectivity index (χ3n) is 4.75. The molecule has 3 rings (SSSR count). The Morgan fingerprint density at radius 2 is 2.38 bits per heavy atom. The first-order valence-corrected chi connectivity index (χ1v) is 8.64. The molecule has 1 aliphatic carbocycles. The number of pyridine rings is 1. The first kappa shape index (κ1) is 16.8. The van der Waals surface area contributed by atoms with Gasteiger partial charge in [0.15, 0.2) is 18.2 Å². The molecule has 4 nitrogen and oxygen atoms in total. The Morgan fingerprint density at radius 1 is 1.58 bits per heavy atom. The monoisotopic (exact) mass is 345 g/mol. The third-order valence-corrected chi connectivity index (χ3v) is 5.22. The molecule has 1 aromatic rings. The van der Waals surface area contributed by atoms with Crippen molar-refractivity contribution in [3.8, 4) is 0 Å². The zero-order valence-corrected chi connectivity index (χ0v) is 14.4. The second-order valence-electron chi connectivity index (χ2n) is 6.21. The second-order valence-corrected chi connectivity index (χ2v) is 6.71. The van der Waals surface area contributed by atoms with E-state index in [9.17, 15) is 8.68 Å². The van der Waals surface area contributed by atoms with E-state index >= 15 is 0 Å². The maximum atomic E-state index is 13.4. The highest BCUT2D eigenvalue weighted by atomic mass is 32.2. The number of fused-ring (bicyclic) bond motifs is 2. The van der Waals surface area contributed by atoms with Crippen LogP contribution in [-0.2, 0) is 10.2 Å². The largest absolute Gasteiger partial charge is 0.399 e. The van der Waals surface area contributed by atoms with Gasteiger partial charge < -0.3 is 5.73 Å². The van der Waals surface area contributed by atoms with E-state index in [1.165, 1.54) is 5.57 Å². The van der Waals surface area contributed by atoms with Crippen LogP contribution in [0.5, 0.6) is 0 Å². The summed E-state index contributed by atoms with van der Waals surface area (Å²) in [6.07, 6.45) is 8.05. The lowest BCUT2D eigenvalue weighted by atomic mass is 9.78. The topological polar surface area (TPSA) is 59.2 Å². The predicted octanol–water partition coefficient (Wildman–Crippen LogP) is 4.12. The van der Waals surface area contributed by atoms with Crippen LogP contribution in [0.25, 0.3) is 0 Å². The quantitative estimate of drug-likeness (QED) is 0.644. The van der Waals surface area contributed by atoms with Crippen molar-refractivity contribution in [2.45, 2.75) is 38.0 Å². The van der Waals surface area contributed by atoms with Crippen LogP contribution in [0.15, 0.2) is 53.9 Å². The summed E-state index contributed by atoms with van der Waals surface area (Å²) in [4.78, 5) is 17.2. The van der Waals surface area contributed by atoms with Crippen LogP contribution in [-0.4, -0.2) is 10.9 Å². The Hall–Kier alpha value is -2.08. The van der Waals surface area contributed by atoms with Crippen LogP contribution >= 0.6 is 12.3 Å². The zero-order valence-electron chi connectivity index (χ0n) is 13.6. The van der Waals surface area contributed by atoms with Crippen molar-refractivity contribution in [2.75, 3.05) is 4.31 Å². The van der Waals surface area contributed by atoms with Crippen molar-refractivity contribution in [1.82, 2.24) is 4.98 Å². The van der Waals surface area contributed by atoms with Crippen molar-refractivity contribution in [1.29, 1.82) is 0 Å². The lowest BCUT2D eigenvalue weighted by Gasteiger charge is -2.22. The summed E-state index contributed by atoms with van der Waals surface area (Å²) in [5.41, 5.74) is 8.79.